The number of anilines is 1. The van der Waals surface area contributed by atoms with Crippen molar-refractivity contribution in [2.75, 3.05) is 5.73 Å². The predicted molar refractivity (Wildman–Crippen MR) is 52.1 cm³/mol. The predicted octanol–water partition coefficient (Wildman–Crippen LogP) is 2.21. The van der Waals surface area contributed by atoms with Gasteiger partial charge in [-0.1, -0.05) is 0 Å². The van der Waals surface area contributed by atoms with E-state index in [0.717, 1.165) is 0 Å². The Morgan fingerprint density at radius 1 is 1.58 bits per heavy atom. The van der Waals surface area contributed by atoms with Crippen molar-refractivity contribution in [3.63, 3.8) is 0 Å². The van der Waals surface area contributed by atoms with Gasteiger partial charge in [-0.3, -0.25) is 0 Å². The molecule has 3 nitrogen and oxygen atoms in total. The second-order valence-electron chi connectivity index (χ2n) is 2.72. The average molecular weight is 231 g/mol. The van der Waals surface area contributed by atoms with Crippen LogP contribution in [-0.4, -0.2) is 11.1 Å². The Labute approximate surface area is 80.1 Å². The van der Waals surface area contributed by atoms with Gasteiger partial charge in [-0.25, -0.2) is 4.98 Å². The van der Waals surface area contributed by atoms with E-state index in [-0.39, 0.29) is 6.10 Å². The molecule has 0 aliphatic carbocycles. The van der Waals surface area contributed by atoms with E-state index in [4.69, 9.17) is 10.5 Å². The topological polar surface area (TPSA) is 48.1 Å². The summed E-state index contributed by atoms with van der Waals surface area (Å²) in [5.41, 5.74) is 6.20. The first-order valence-corrected chi connectivity index (χ1v) is 4.46. The van der Waals surface area contributed by atoms with Crippen molar-refractivity contribution in [3.05, 3.63) is 16.9 Å². The molecule has 1 aromatic rings. The van der Waals surface area contributed by atoms with E-state index in [1.165, 1.54) is 0 Å². The minimum atomic E-state index is 0.146. The van der Waals surface area contributed by atoms with Gasteiger partial charge < -0.3 is 10.5 Å². The molecule has 1 rings (SSSR count). The standard InChI is InChI=1S/C8H11BrN2O/c1-5(2)12-6-3-7(10)8(9)11-4-6/h3-5H,10H2,1-2H3. The van der Waals surface area contributed by atoms with Gasteiger partial charge in [-0.15, -0.1) is 0 Å². The molecule has 0 bridgehead atoms. The summed E-state index contributed by atoms with van der Waals surface area (Å²) in [7, 11) is 0. The molecule has 4 heteroatoms. The molecule has 0 saturated carbocycles. The third kappa shape index (κ3) is 2.37. The SMILES string of the molecule is CC(C)Oc1cnc(Br)c(N)c1. The number of halogens is 1. The van der Waals surface area contributed by atoms with Gasteiger partial charge in [0, 0.05) is 6.07 Å². The van der Waals surface area contributed by atoms with Crippen LogP contribution in [0, 0.1) is 0 Å². The first-order chi connectivity index (χ1) is 5.59. The van der Waals surface area contributed by atoms with Gasteiger partial charge in [-0.05, 0) is 29.8 Å². The highest BCUT2D eigenvalue weighted by Gasteiger charge is 2.01. The van der Waals surface area contributed by atoms with Gasteiger partial charge in [0.1, 0.15) is 10.4 Å². The van der Waals surface area contributed by atoms with Gasteiger partial charge in [0.2, 0.25) is 0 Å². The van der Waals surface area contributed by atoms with Crippen LogP contribution in [0.2, 0.25) is 0 Å². The molecule has 0 aliphatic heterocycles. The molecule has 0 atom stereocenters. The summed E-state index contributed by atoms with van der Waals surface area (Å²) in [6, 6.07) is 1.75. The fourth-order valence-electron chi connectivity index (χ4n) is 0.782. The number of nitrogen functional groups attached to an aromatic ring is 1. The summed E-state index contributed by atoms with van der Waals surface area (Å²) in [5.74, 6) is 0.700. The summed E-state index contributed by atoms with van der Waals surface area (Å²) in [4.78, 5) is 4.00. The molecule has 0 aromatic carbocycles. The number of aromatic nitrogens is 1. The Morgan fingerprint density at radius 2 is 2.25 bits per heavy atom. The van der Waals surface area contributed by atoms with Crippen LogP contribution in [0.15, 0.2) is 16.9 Å². The number of rotatable bonds is 2. The Kier molecular flexibility index (Phi) is 2.92. The van der Waals surface area contributed by atoms with E-state index in [1.54, 1.807) is 12.3 Å². The van der Waals surface area contributed by atoms with Gasteiger partial charge in [0.15, 0.2) is 0 Å². The molecular weight excluding hydrogens is 220 g/mol. The van der Waals surface area contributed by atoms with Crippen molar-refractivity contribution >= 4 is 21.6 Å². The number of pyridine rings is 1. The second-order valence-corrected chi connectivity index (χ2v) is 3.47. The lowest BCUT2D eigenvalue weighted by Crippen LogP contribution is -2.06. The van der Waals surface area contributed by atoms with Crippen LogP contribution < -0.4 is 10.5 Å². The van der Waals surface area contributed by atoms with Gasteiger partial charge in [0.05, 0.1) is 18.0 Å². The molecule has 0 unspecified atom stereocenters. The van der Waals surface area contributed by atoms with Crippen LogP contribution in [0.3, 0.4) is 0 Å². The molecule has 0 fully saturated rings. The van der Waals surface area contributed by atoms with E-state index in [1.807, 2.05) is 13.8 Å². The highest BCUT2D eigenvalue weighted by atomic mass is 79.9. The summed E-state index contributed by atoms with van der Waals surface area (Å²) in [5, 5.41) is 0. The molecule has 2 N–H and O–H groups in total. The lowest BCUT2D eigenvalue weighted by atomic mass is 10.4. The molecule has 1 heterocycles. The number of hydrogen-bond acceptors (Lipinski definition) is 3. The maximum atomic E-state index is 5.61. The molecule has 0 spiro atoms. The van der Waals surface area contributed by atoms with Crippen molar-refractivity contribution in [1.29, 1.82) is 0 Å². The average Bonchev–Trinajstić information content (AvgIpc) is 1.96. The monoisotopic (exact) mass is 230 g/mol. The van der Waals surface area contributed by atoms with Crippen LogP contribution in [0.1, 0.15) is 13.8 Å². The smallest absolute Gasteiger partial charge is 0.140 e. The number of hydrogen-bond donors (Lipinski definition) is 1. The fraction of sp³-hybridized carbons (Fsp3) is 0.375. The normalized spacial score (nSPS) is 10.3. The maximum Gasteiger partial charge on any atom is 0.140 e. The molecule has 0 amide bonds. The molecular formula is C8H11BrN2O. The molecule has 1 aromatic heterocycles. The molecule has 0 aliphatic rings. The first kappa shape index (κ1) is 9.32. The minimum absolute atomic E-state index is 0.146. The Balaban J connectivity index is 2.82. The van der Waals surface area contributed by atoms with Crippen LogP contribution in [-0.2, 0) is 0 Å². The Hall–Kier alpha value is -0.770. The fourth-order valence-corrected chi connectivity index (χ4v) is 0.998. The second kappa shape index (κ2) is 3.76. The highest BCUT2D eigenvalue weighted by Crippen LogP contribution is 2.21. The summed E-state index contributed by atoms with van der Waals surface area (Å²) in [6.45, 7) is 3.91. The van der Waals surface area contributed by atoms with E-state index in [2.05, 4.69) is 20.9 Å². The quantitative estimate of drug-likeness (QED) is 0.794. The van der Waals surface area contributed by atoms with Crippen molar-refractivity contribution in [2.45, 2.75) is 20.0 Å². The Morgan fingerprint density at radius 3 is 2.75 bits per heavy atom. The molecule has 66 valence electrons. The van der Waals surface area contributed by atoms with E-state index in [9.17, 15) is 0 Å². The summed E-state index contributed by atoms with van der Waals surface area (Å²) in [6.07, 6.45) is 1.79. The van der Waals surface area contributed by atoms with Gasteiger partial charge in [0.25, 0.3) is 0 Å². The van der Waals surface area contributed by atoms with Crippen molar-refractivity contribution in [3.8, 4) is 5.75 Å². The maximum absolute atomic E-state index is 5.61. The first-order valence-electron chi connectivity index (χ1n) is 3.67. The zero-order valence-electron chi connectivity index (χ0n) is 7.04. The number of nitrogens with zero attached hydrogens (tertiary/aromatic N) is 1. The lowest BCUT2D eigenvalue weighted by molar-refractivity contribution is 0.241. The highest BCUT2D eigenvalue weighted by molar-refractivity contribution is 9.10. The molecule has 12 heavy (non-hydrogen) atoms. The van der Waals surface area contributed by atoms with Crippen molar-refractivity contribution < 1.29 is 4.74 Å². The van der Waals surface area contributed by atoms with E-state index < -0.39 is 0 Å². The van der Waals surface area contributed by atoms with Crippen molar-refractivity contribution in [1.82, 2.24) is 4.98 Å². The summed E-state index contributed by atoms with van der Waals surface area (Å²) < 4.78 is 6.04. The van der Waals surface area contributed by atoms with Gasteiger partial charge in [-0.2, -0.15) is 0 Å². The lowest BCUT2D eigenvalue weighted by Gasteiger charge is -2.09. The van der Waals surface area contributed by atoms with Crippen LogP contribution in [0.25, 0.3) is 0 Å². The zero-order chi connectivity index (χ0) is 9.14. The van der Waals surface area contributed by atoms with E-state index >= 15 is 0 Å². The Bertz CT molecular complexity index is 276. The minimum Gasteiger partial charge on any atom is -0.489 e. The van der Waals surface area contributed by atoms with E-state index in [0.29, 0.717) is 16.0 Å². The van der Waals surface area contributed by atoms with Crippen LogP contribution >= 0.6 is 15.9 Å². The van der Waals surface area contributed by atoms with Gasteiger partial charge >= 0.3 is 0 Å². The number of ether oxygens (including phenoxy) is 1. The largest absolute Gasteiger partial charge is 0.489 e. The summed E-state index contributed by atoms with van der Waals surface area (Å²) >= 11 is 3.20. The third-order valence-electron chi connectivity index (χ3n) is 1.21. The third-order valence-corrected chi connectivity index (χ3v) is 1.88. The van der Waals surface area contributed by atoms with Crippen molar-refractivity contribution in [2.24, 2.45) is 0 Å². The zero-order valence-corrected chi connectivity index (χ0v) is 8.63. The molecule has 0 radical (unpaired) electrons. The number of nitrogens with two attached hydrogens (primary N) is 1. The van der Waals surface area contributed by atoms with Crippen LogP contribution in [0.5, 0.6) is 5.75 Å². The molecule has 0 saturated heterocycles. The van der Waals surface area contributed by atoms with Crippen LogP contribution in [0.4, 0.5) is 5.69 Å².